The molecule has 2 aromatic carbocycles. The lowest BCUT2D eigenvalue weighted by atomic mass is 9.91. The van der Waals surface area contributed by atoms with Crippen molar-refractivity contribution in [1.29, 1.82) is 0 Å². The van der Waals surface area contributed by atoms with Crippen LogP contribution in [0, 0.1) is 11.6 Å². The zero-order valence-corrected chi connectivity index (χ0v) is 11.8. The highest BCUT2D eigenvalue weighted by Gasteiger charge is 2.36. The number of nitrogens with one attached hydrogen (secondary N) is 1. The van der Waals surface area contributed by atoms with Gasteiger partial charge in [-0.15, -0.1) is 0 Å². The van der Waals surface area contributed by atoms with Gasteiger partial charge in [-0.1, -0.05) is 11.6 Å². The Morgan fingerprint density at radius 2 is 1.67 bits per heavy atom. The average molecular weight is 312 g/mol. The van der Waals surface area contributed by atoms with E-state index in [1.54, 1.807) is 24.3 Å². The van der Waals surface area contributed by atoms with E-state index in [2.05, 4.69) is 5.32 Å². The second-order valence-electron chi connectivity index (χ2n) is 4.72. The lowest BCUT2D eigenvalue weighted by molar-refractivity contribution is -0.142. The van der Waals surface area contributed by atoms with E-state index in [9.17, 15) is 18.7 Å². The average Bonchev–Trinajstić information content (AvgIpc) is 2.40. The summed E-state index contributed by atoms with van der Waals surface area (Å²) < 4.78 is 26.7. The number of aliphatic carboxylic acids is 1. The molecule has 0 saturated heterocycles. The predicted molar refractivity (Wildman–Crippen MR) is 76.4 cm³/mol. The molecule has 1 unspecified atom stereocenters. The van der Waals surface area contributed by atoms with Crippen LogP contribution in [-0.2, 0) is 10.3 Å². The molecule has 0 fully saturated rings. The van der Waals surface area contributed by atoms with Gasteiger partial charge in [0.25, 0.3) is 0 Å². The fourth-order valence-electron chi connectivity index (χ4n) is 1.91. The molecule has 0 heterocycles. The highest BCUT2D eigenvalue weighted by atomic mass is 35.5. The first kappa shape index (κ1) is 15.3. The van der Waals surface area contributed by atoms with E-state index in [-0.39, 0.29) is 5.56 Å². The van der Waals surface area contributed by atoms with Gasteiger partial charge in [0.15, 0.2) is 5.54 Å². The molecule has 0 amide bonds. The third kappa shape index (κ3) is 3.31. The molecule has 2 aromatic rings. The summed E-state index contributed by atoms with van der Waals surface area (Å²) in [5.74, 6) is -2.94. The van der Waals surface area contributed by atoms with E-state index in [4.69, 9.17) is 11.6 Å². The molecular weight excluding hydrogens is 300 g/mol. The van der Waals surface area contributed by atoms with Crippen LogP contribution in [-0.4, -0.2) is 11.1 Å². The van der Waals surface area contributed by atoms with Gasteiger partial charge in [-0.05, 0) is 48.9 Å². The monoisotopic (exact) mass is 311 g/mol. The van der Waals surface area contributed by atoms with E-state index in [1.165, 1.54) is 6.92 Å². The van der Waals surface area contributed by atoms with Gasteiger partial charge in [-0.3, -0.25) is 0 Å². The van der Waals surface area contributed by atoms with E-state index >= 15 is 0 Å². The molecule has 110 valence electrons. The number of rotatable bonds is 4. The Balaban J connectivity index is 2.44. The van der Waals surface area contributed by atoms with Crippen LogP contribution in [0.3, 0.4) is 0 Å². The van der Waals surface area contributed by atoms with E-state index in [0.717, 1.165) is 12.1 Å². The fourth-order valence-corrected chi connectivity index (χ4v) is 2.04. The number of carbonyl (C=O) groups is 1. The summed E-state index contributed by atoms with van der Waals surface area (Å²) in [6.45, 7) is 1.33. The second kappa shape index (κ2) is 5.69. The normalized spacial score (nSPS) is 13.5. The molecule has 2 N–H and O–H groups in total. The molecular formula is C15H12ClF2NO2. The summed E-state index contributed by atoms with van der Waals surface area (Å²) in [7, 11) is 0. The fraction of sp³-hybridized carbons (Fsp3) is 0.133. The van der Waals surface area contributed by atoms with Crippen LogP contribution in [0.1, 0.15) is 12.5 Å². The van der Waals surface area contributed by atoms with Crippen LogP contribution in [0.5, 0.6) is 0 Å². The van der Waals surface area contributed by atoms with E-state index in [0.29, 0.717) is 16.8 Å². The van der Waals surface area contributed by atoms with E-state index in [1.807, 2.05) is 0 Å². The highest BCUT2D eigenvalue weighted by Crippen LogP contribution is 2.28. The van der Waals surface area contributed by atoms with E-state index < -0.39 is 23.1 Å². The van der Waals surface area contributed by atoms with Crippen molar-refractivity contribution in [3.05, 3.63) is 64.7 Å². The highest BCUT2D eigenvalue weighted by molar-refractivity contribution is 6.30. The standard InChI is InChI=1S/C15H12ClF2NO2/c1-15(14(20)21,9-6-11(17)8-12(18)7-9)19-13-4-2-10(16)3-5-13/h2-8,19H,1H3,(H,20,21). The van der Waals surface area contributed by atoms with Crippen molar-refractivity contribution in [3.63, 3.8) is 0 Å². The number of carboxylic acids is 1. The molecule has 6 heteroatoms. The summed E-state index contributed by atoms with van der Waals surface area (Å²) in [5.41, 5.74) is -1.24. The Kier molecular flexibility index (Phi) is 4.14. The molecule has 0 spiro atoms. The molecule has 0 aromatic heterocycles. The largest absolute Gasteiger partial charge is 0.479 e. The third-order valence-corrected chi connectivity index (χ3v) is 3.36. The van der Waals surface area contributed by atoms with Gasteiger partial charge in [0.05, 0.1) is 0 Å². The summed E-state index contributed by atoms with van der Waals surface area (Å²) in [5, 5.41) is 12.7. The summed E-state index contributed by atoms with van der Waals surface area (Å²) in [6, 6.07) is 8.99. The molecule has 0 saturated carbocycles. The molecule has 0 aliphatic heterocycles. The van der Waals surface area contributed by atoms with Gasteiger partial charge in [-0.25, -0.2) is 13.6 Å². The molecule has 0 bridgehead atoms. The molecule has 0 aliphatic rings. The lowest BCUT2D eigenvalue weighted by Gasteiger charge is -2.28. The third-order valence-electron chi connectivity index (χ3n) is 3.11. The Morgan fingerprint density at radius 1 is 1.14 bits per heavy atom. The number of hydrogen-bond acceptors (Lipinski definition) is 2. The predicted octanol–water partition coefficient (Wildman–Crippen LogP) is 4.03. The molecule has 21 heavy (non-hydrogen) atoms. The van der Waals surface area contributed by atoms with Gasteiger partial charge >= 0.3 is 5.97 Å². The zero-order valence-electron chi connectivity index (χ0n) is 11.0. The SMILES string of the molecule is CC(Nc1ccc(Cl)cc1)(C(=O)O)c1cc(F)cc(F)c1. The van der Waals surface area contributed by atoms with Crippen molar-refractivity contribution in [2.45, 2.75) is 12.5 Å². The maximum atomic E-state index is 13.3. The maximum absolute atomic E-state index is 13.3. The molecule has 0 aliphatic carbocycles. The molecule has 3 nitrogen and oxygen atoms in total. The molecule has 0 radical (unpaired) electrons. The van der Waals surface area contributed by atoms with Crippen LogP contribution >= 0.6 is 11.6 Å². The Morgan fingerprint density at radius 3 is 2.14 bits per heavy atom. The van der Waals surface area contributed by atoms with Crippen LogP contribution < -0.4 is 5.32 Å². The zero-order chi connectivity index (χ0) is 15.6. The lowest BCUT2D eigenvalue weighted by Crippen LogP contribution is -2.40. The summed E-state index contributed by atoms with van der Waals surface area (Å²) in [4.78, 5) is 11.6. The van der Waals surface area contributed by atoms with Gasteiger partial charge in [-0.2, -0.15) is 0 Å². The number of benzene rings is 2. The maximum Gasteiger partial charge on any atom is 0.333 e. The minimum absolute atomic E-state index is 0.0255. The van der Waals surface area contributed by atoms with Crippen molar-refractivity contribution in [2.75, 3.05) is 5.32 Å². The summed E-state index contributed by atoms with van der Waals surface area (Å²) in [6.07, 6.45) is 0. The second-order valence-corrected chi connectivity index (χ2v) is 5.16. The first-order chi connectivity index (χ1) is 9.81. The van der Waals surface area contributed by atoms with Crippen LogP contribution in [0.15, 0.2) is 42.5 Å². The van der Waals surface area contributed by atoms with Crippen LogP contribution in [0.25, 0.3) is 0 Å². The van der Waals surface area contributed by atoms with Crippen molar-refractivity contribution in [3.8, 4) is 0 Å². The smallest absolute Gasteiger partial charge is 0.333 e. The first-order valence-electron chi connectivity index (χ1n) is 6.05. The van der Waals surface area contributed by atoms with Gasteiger partial charge in [0.1, 0.15) is 11.6 Å². The van der Waals surface area contributed by atoms with Crippen molar-refractivity contribution >= 4 is 23.3 Å². The van der Waals surface area contributed by atoms with Gasteiger partial charge in [0.2, 0.25) is 0 Å². The number of halogens is 3. The Labute approximate surface area is 125 Å². The van der Waals surface area contributed by atoms with Crippen molar-refractivity contribution < 1.29 is 18.7 Å². The Bertz CT molecular complexity index is 656. The molecule has 2 rings (SSSR count). The van der Waals surface area contributed by atoms with Crippen LogP contribution in [0.4, 0.5) is 14.5 Å². The minimum Gasteiger partial charge on any atom is -0.479 e. The number of carboxylic acid groups (broad SMARTS) is 1. The summed E-state index contributed by atoms with van der Waals surface area (Å²) >= 11 is 5.76. The first-order valence-corrected chi connectivity index (χ1v) is 6.43. The van der Waals surface area contributed by atoms with Gasteiger partial charge < -0.3 is 10.4 Å². The van der Waals surface area contributed by atoms with Crippen molar-refractivity contribution in [1.82, 2.24) is 0 Å². The van der Waals surface area contributed by atoms with Gasteiger partial charge in [0, 0.05) is 16.8 Å². The Hall–Kier alpha value is -2.14. The topological polar surface area (TPSA) is 49.3 Å². The van der Waals surface area contributed by atoms with Crippen LogP contribution in [0.2, 0.25) is 5.02 Å². The minimum atomic E-state index is -1.68. The van der Waals surface area contributed by atoms with Crippen molar-refractivity contribution in [2.24, 2.45) is 0 Å². The molecule has 1 atom stereocenters. The quantitative estimate of drug-likeness (QED) is 0.896. The number of anilines is 1. The number of hydrogen-bond donors (Lipinski definition) is 2.